The van der Waals surface area contributed by atoms with Crippen LogP contribution in [0.15, 0.2) is 0 Å². The molecule has 1 atom stereocenters. The molecule has 104 valence electrons. The Bertz CT molecular complexity index is 319. The Balaban J connectivity index is 5.16. The van der Waals surface area contributed by atoms with Crippen molar-refractivity contribution in [2.75, 3.05) is 35.4 Å². The lowest BCUT2D eigenvalue weighted by Gasteiger charge is -2.33. The number of carbonyl (C=O) groups excluding carboxylic acids is 3. The lowest BCUT2D eigenvalue weighted by molar-refractivity contribution is -0.157. The number of urea groups is 1. The third-order valence-electron chi connectivity index (χ3n) is 2.21. The lowest BCUT2D eigenvalue weighted by atomic mass is 10.2. The van der Waals surface area contributed by atoms with Crippen LogP contribution in [0.25, 0.3) is 0 Å². The monoisotopic (exact) mass is 261 g/mol. The second kappa shape index (κ2) is 7.49. The van der Waals surface area contributed by atoms with Gasteiger partial charge in [-0.2, -0.15) is 0 Å². The third kappa shape index (κ3) is 4.21. The Morgan fingerprint density at radius 2 is 1.72 bits per heavy atom. The van der Waals surface area contributed by atoms with Crippen LogP contribution in [-0.4, -0.2) is 69.4 Å². The van der Waals surface area contributed by atoms with Gasteiger partial charge in [-0.15, -0.1) is 0 Å². The topological polar surface area (TPSA) is 88.2 Å². The van der Waals surface area contributed by atoms with Gasteiger partial charge >= 0.3 is 18.0 Å². The maximum atomic E-state index is 11.7. The smallest absolute Gasteiger partial charge is 0.332 e. The molecule has 0 spiro atoms. The average Bonchev–Trinajstić information content (AvgIpc) is 2.35. The largest absolute Gasteiger partial charge is 0.469 e. The molecule has 0 aromatic carbocycles. The van der Waals surface area contributed by atoms with Gasteiger partial charge in [0.25, 0.3) is 0 Å². The first-order valence-electron chi connectivity index (χ1n) is 5.21. The Morgan fingerprint density at radius 3 is 2.06 bits per heavy atom. The summed E-state index contributed by atoms with van der Waals surface area (Å²) in [6.45, 7) is 0. The first-order valence-corrected chi connectivity index (χ1v) is 5.21. The second-order valence-electron chi connectivity index (χ2n) is 3.57. The number of nitrogens with one attached hydrogen (secondary N) is 1. The minimum absolute atomic E-state index is 0.283. The van der Waals surface area contributed by atoms with Gasteiger partial charge in [0, 0.05) is 21.1 Å². The Hall–Kier alpha value is -1.83. The molecule has 0 aliphatic heterocycles. The molecule has 1 N–H and O–H groups in total. The van der Waals surface area contributed by atoms with Crippen molar-refractivity contribution >= 4 is 18.0 Å². The quantitative estimate of drug-likeness (QED) is 0.515. The molecule has 18 heavy (non-hydrogen) atoms. The number of hydrogen-bond acceptors (Lipinski definition) is 6. The predicted molar refractivity (Wildman–Crippen MR) is 62.4 cm³/mol. The van der Waals surface area contributed by atoms with Crippen LogP contribution in [-0.2, 0) is 19.1 Å². The van der Waals surface area contributed by atoms with Crippen molar-refractivity contribution in [2.45, 2.75) is 12.5 Å². The molecule has 8 nitrogen and oxygen atoms in total. The number of rotatable bonds is 5. The van der Waals surface area contributed by atoms with Gasteiger partial charge in [0.15, 0.2) is 6.04 Å². The molecule has 1 unspecified atom stereocenters. The van der Waals surface area contributed by atoms with Crippen LogP contribution in [0.2, 0.25) is 0 Å². The van der Waals surface area contributed by atoms with E-state index in [2.05, 4.69) is 14.8 Å². The standard InChI is InChI=1S/C10H19N3O5/c1-11-10(16)13(12(2)3)7(9(15)18-5)6-8(14)17-4/h7H,6H2,1-5H3,(H,11,16). The van der Waals surface area contributed by atoms with Gasteiger partial charge in [-0.05, 0) is 0 Å². The first kappa shape index (κ1) is 16.2. The maximum absolute atomic E-state index is 11.7. The third-order valence-corrected chi connectivity index (χ3v) is 2.21. The van der Waals surface area contributed by atoms with Gasteiger partial charge in [-0.3, -0.25) is 4.79 Å². The summed E-state index contributed by atoms with van der Waals surface area (Å²) in [6.07, 6.45) is -0.283. The Kier molecular flexibility index (Phi) is 6.73. The SMILES string of the molecule is CNC(=O)N(C(CC(=O)OC)C(=O)OC)N(C)C. The summed E-state index contributed by atoms with van der Waals surface area (Å²) >= 11 is 0. The molecule has 0 aromatic rings. The van der Waals surface area contributed by atoms with Crippen molar-refractivity contribution in [1.82, 2.24) is 15.3 Å². The highest BCUT2D eigenvalue weighted by atomic mass is 16.5. The van der Waals surface area contributed by atoms with E-state index in [1.165, 1.54) is 26.3 Å². The molecule has 0 aromatic heterocycles. The lowest BCUT2D eigenvalue weighted by Crippen LogP contribution is -2.56. The molecule has 0 aliphatic rings. The summed E-state index contributed by atoms with van der Waals surface area (Å²) in [6, 6.07) is -1.60. The number of methoxy groups -OCH3 is 2. The summed E-state index contributed by atoms with van der Waals surface area (Å²) in [7, 11) is 6.96. The molecule has 0 saturated heterocycles. The summed E-state index contributed by atoms with van der Waals surface area (Å²) in [4.78, 5) is 34.6. The highest BCUT2D eigenvalue weighted by molar-refractivity contribution is 5.87. The van der Waals surface area contributed by atoms with Crippen LogP contribution in [0.5, 0.6) is 0 Å². The van der Waals surface area contributed by atoms with Crippen LogP contribution in [0, 0.1) is 0 Å². The summed E-state index contributed by atoms with van der Waals surface area (Å²) in [5.74, 6) is -1.31. The fourth-order valence-corrected chi connectivity index (χ4v) is 1.36. The van der Waals surface area contributed by atoms with E-state index in [4.69, 9.17) is 0 Å². The summed E-state index contributed by atoms with van der Waals surface area (Å²) in [5.41, 5.74) is 0. The Labute approximate surface area is 106 Å². The zero-order chi connectivity index (χ0) is 14.3. The number of esters is 2. The van der Waals surface area contributed by atoms with Gasteiger partial charge in [-0.1, -0.05) is 0 Å². The second-order valence-corrected chi connectivity index (χ2v) is 3.57. The number of hydrazine groups is 1. The summed E-state index contributed by atoms with van der Waals surface area (Å²) in [5, 5.41) is 4.86. The van der Waals surface area contributed by atoms with E-state index in [-0.39, 0.29) is 6.42 Å². The van der Waals surface area contributed by atoms with Crippen molar-refractivity contribution in [3.63, 3.8) is 0 Å². The zero-order valence-electron chi connectivity index (χ0n) is 11.2. The van der Waals surface area contributed by atoms with Gasteiger partial charge < -0.3 is 14.8 Å². The van der Waals surface area contributed by atoms with Crippen molar-refractivity contribution in [3.05, 3.63) is 0 Å². The number of ether oxygens (including phenoxy) is 2. The average molecular weight is 261 g/mol. The van der Waals surface area contributed by atoms with Crippen LogP contribution < -0.4 is 5.32 Å². The maximum Gasteiger partial charge on any atom is 0.332 e. The van der Waals surface area contributed by atoms with Crippen LogP contribution >= 0.6 is 0 Å². The molecule has 2 amide bonds. The van der Waals surface area contributed by atoms with E-state index in [1.807, 2.05) is 0 Å². The fraction of sp³-hybridized carbons (Fsp3) is 0.700. The van der Waals surface area contributed by atoms with E-state index in [0.29, 0.717) is 0 Å². The Morgan fingerprint density at radius 1 is 1.17 bits per heavy atom. The van der Waals surface area contributed by atoms with Gasteiger partial charge in [0.05, 0.1) is 20.6 Å². The van der Waals surface area contributed by atoms with E-state index in [9.17, 15) is 14.4 Å². The zero-order valence-corrected chi connectivity index (χ0v) is 11.2. The van der Waals surface area contributed by atoms with E-state index < -0.39 is 24.0 Å². The van der Waals surface area contributed by atoms with E-state index >= 15 is 0 Å². The van der Waals surface area contributed by atoms with Gasteiger partial charge in [-0.25, -0.2) is 19.6 Å². The predicted octanol–water partition coefficient (Wildman–Crippen LogP) is -0.791. The molecular weight excluding hydrogens is 242 g/mol. The van der Waals surface area contributed by atoms with E-state index in [1.54, 1.807) is 14.1 Å². The molecule has 0 radical (unpaired) electrons. The fourth-order valence-electron chi connectivity index (χ4n) is 1.36. The molecule has 0 rings (SSSR count). The van der Waals surface area contributed by atoms with Gasteiger partial charge in [0.1, 0.15) is 0 Å². The van der Waals surface area contributed by atoms with Crippen molar-refractivity contribution in [1.29, 1.82) is 0 Å². The highest BCUT2D eigenvalue weighted by Crippen LogP contribution is 2.09. The van der Waals surface area contributed by atoms with Crippen LogP contribution in [0.1, 0.15) is 6.42 Å². The first-order chi connectivity index (χ1) is 8.38. The minimum Gasteiger partial charge on any atom is -0.469 e. The molecule has 0 heterocycles. The normalized spacial score (nSPS) is 11.7. The summed E-state index contributed by atoms with van der Waals surface area (Å²) < 4.78 is 9.08. The number of amides is 2. The molecule has 0 aliphatic carbocycles. The minimum atomic E-state index is -1.07. The molecule has 0 bridgehead atoms. The number of hydrogen-bond donors (Lipinski definition) is 1. The van der Waals surface area contributed by atoms with E-state index in [0.717, 1.165) is 5.01 Å². The number of carbonyl (C=O) groups is 3. The molecule has 0 saturated carbocycles. The van der Waals surface area contributed by atoms with Gasteiger partial charge in [0.2, 0.25) is 0 Å². The molecule has 0 fully saturated rings. The van der Waals surface area contributed by atoms with Crippen molar-refractivity contribution in [3.8, 4) is 0 Å². The van der Waals surface area contributed by atoms with Crippen molar-refractivity contribution in [2.24, 2.45) is 0 Å². The molecule has 8 heteroatoms. The van der Waals surface area contributed by atoms with Crippen LogP contribution in [0.3, 0.4) is 0 Å². The van der Waals surface area contributed by atoms with Crippen LogP contribution in [0.4, 0.5) is 4.79 Å². The highest BCUT2D eigenvalue weighted by Gasteiger charge is 2.34. The number of nitrogens with zero attached hydrogens (tertiary/aromatic N) is 2. The van der Waals surface area contributed by atoms with Crippen molar-refractivity contribution < 1.29 is 23.9 Å². The molecular formula is C10H19N3O5.